The van der Waals surface area contributed by atoms with Crippen molar-refractivity contribution in [2.75, 3.05) is 43.4 Å². The van der Waals surface area contributed by atoms with E-state index >= 15 is 0 Å². The van der Waals surface area contributed by atoms with Gasteiger partial charge in [0.05, 0.1) is 18.0 Å². The van der Waals surface area contributed by atoms with Crippen molar-refractivity contribution in [2.24, 2.45) is 0 Å². The summed E-state index contributed by atoms with van der Waals surface area (Å²) in [6.45, 7) is 10.5. The van der Waals surface area contributed by atoms with Gasteiger partial charge in [0.15, 0.2) is 11.0 Å². The zero-order valence-electron chi connectivity index (χ0n) is 19.5. The Morgan fingerprint density at radius 1 is 1.00 bits per heavy atom. The largest absolute Gasteiger partial charge is 0.492 e. The highest BCUT2D eigenvalue weighted by Gasteiger charge is 2.24. The first-order valence-electron chi connectivity index (χ1n) is 11.5. The van der Waals surface area contributed by atoms with E-state index in [-0.39, 0.29) is 5.91 Å². The summed E-state index contributed by atoms with van der Waals surface area (Å²) in [4.78, 5) is 17.2. The maximum atomic E-state index is 12.9. The minimum atomic E-state index is 0.140. The highest BCUT2D eigenvalue weighted by atomic mass is 32.2. The van der Waals surface area contributed by atoms with Gasteiger partial charge in [0.25, 0.3) is 0 Å². The van der Waals surface area contributed by atoms with E-state index in [0.29, 0.717) is 25.4 Å². The molecule has 2 heterocycles. The van der Waals surface area contributed by atoms with Gasteiger partial charge in [-0.25, -0.2) is 0 Å². The number of nitrogens with zero attached hydrogens (tertiary/aromatic N) is 5. The summed E-state index contributed by atoms with van der Waals surface area (Å²) in [6, 6.07) is 16.3. The molecule has 0 aliphatic carbocycles. The van der Waals surface area contributed by atoms with Gasteiger partial charge >= 0.3 is 0 Å². The Balaban J connectivity index is 1.36. The van der Waals surface area contributed by atoms with E-state index < -0.39 is 0 Å². The van der Waals surface area contributed by atoms with Gasteiger partial charge < -0.3 is 19.1 Å². The predicted molar refractivity (Wildman–Crippen MR) is 133 cm³/mol. The Morgan fingerprint density at radius 2 is 1.73 bits per heavy atom. The van der Waals surface area contributed by atoms with Crippen molar-refractivity contribution in [2.45, 2.75) is 32.5 Å². The predicted octanol–water partition coefficient (Wildman–Crippen LogP) is 4.11. The second kappa shape index (κ2) is 10.7. The van der Waals surface area contributed by atoms with Crippen LogP contribution in [-0.2, 0) is 11.3 Å². The van der Waals surface area contributed by atoms with Crippen LogP contribution < -0.4 is 9.64 Å². The maximum absolute atomic E-state index is 12.9. The third kappa shape index (κ3) is 5.16. The molecular formula is C25H31N5O2S. The zero-order valence-corrected chi connectivity index (χ0v) is 20.3. The molecule has 0 radical (unpaired) electrons. The number of aromatic nitrogens is 3. The van der Waals surface area contributed by atoms with E-state index in [1.165, 1.54) is 11.8 Å². The molecule has 1 aromatic heterocycles. The Labute approximate surface area is 199 Å². The number of rotatable bonds is 8. The molecule has 7 nitrogen and oxygen atoms in total. The molecule has 1 aliphatic rings. The Bertz CT molecular complexity index is 1090. The van der Waals surface area contributed by atoms with Gasteiger partial charge in [-0.1, -0.05) is 48.2 Å². The summed E-state index contributed by atoms with van der Waals surface area (Å²) in [5, 5.41) is 9.59. The van der Waals surface area contributed by atoms with Gasteiger partial charge in [-0.05, 0) is 38.5 Å². The van der Waals surface area contributed by atoms with E-state index in [1.54, 1.807) is 0 Å². The average Bonchev–Trinajstić information content (AvgIpc) is 3.26. The first-order chi connectivity index (χ1) is 16.1. The third-order valence-electron chi connectivity index (χ3n) is 5.88. The van der Waals surface area contributed by atoms with Gasteiger partial charge in [0, 0.05) is 38.3 Å². The number of benzene rings is 2. The fourth-order valence-corrected chi connectivity index (χ4v) is 5.02. The molecular weight excluding hydrogens is 434 g/mol. The van der Waals surface area contributed by atoms with Crippen LogP contribution in [0.4, 0.5) is 5.69 Å². The van der Waals surface area contributed by atoms with Crippen LogP contribution in [0, 0.1) is 6.92 Å². The maximum Gasteiger partial charge on any atom is 0.233 e. The second-order valence-corrected chi connectivity index (χ2v) is 8.87. The lowest BCUT2D eigenvalue weighted by molar-refractivity contribution is -0.128. The summed E-state index contributed by atoms with van der Waals surface area (Å²) in [5.74, 6) is 2.26. The molecule has 4 rings (SSSR count). The number of carbonyl (C=O) groups excluding carboxylic acids is 1. The van der Waals surface area contributed by atoms with Crippen molar-refractivity contribution in [3.63, 3.8) is 0 Å². The number of thioether (sulfide) groups is 1. The summed E-state index contributed by atoms with van der Waals surface area (Å²) < 4.78 is 7.86. The lowest BCUT2D eigenvalue weighted by atomic mass is 10.1. The number of piperazine rings is 1. The van der Waals surface area contributed by atoms with Crippen LogP contribution in [0.25, 0.3) is 11.4 Å². The quantitative estimate of drug-likeness (QED) is 0.467. The number of hydrogen-bond donors (Lipinski definition) is 0. The van der Waals surface area contributed by atoms with E-state index in [1.807, 2.05) is 42.2 Å². The lowest BCUT2D eigenvalue weighted by Gasteiger charge is -2.36. The van der Waals surface area contributed by atoms with Gasteiger partial charge in [0.1, 0.15) is 5.75 Å². The van der Waals surface area contributed by atoms with Crippen molar-refractivity contribution in [1.29, 1.82) is 0 Å². The van der Waals surface area contributed by atoms with Crippen molar-refractivity contribution >= 4 is 23.4 Å². The second-order valence-electron chi connectivity index (χ2n) is 7.92. The number of carbonyl (C=O) groups is 1. The Kier molecular flexibility index (Phi) is 7.54. The molecule has 1 aliphatic heterocycles. The van der Waals surface area contributed by atoms with Gasteiger partial charge in [-0.3, -0.25) is 4.79 Å². The summed E-state index contributed by atoms with van der Waals surface area (Å²) in [5.41, 5.74) is 3.34. The monoisotopic (exact) mass is 465 g/mol. The minimum absolute atomic E-state index is 0.140. The normalized spacial score (nSPS) is 13.9. The molecule has 0 bridgehead atoms. The number of aryl methyl sites for hydroxylation is 1. The third-order valence-corrected chi connectivity index (χ3v) is 6.83. The smallest absolute Gasteiger partial charge is 0.233 e. The van der Waals surface area contributed by atoms with Crippen molar-refractivity contribution in [3.05, 3.63) is 54.1 Å². The summed E-state index contributed by atoms with van der Waals surface area (Å²) in [7, 11) is 0. The van der Waals surface area contributed by atoms with Gasteiger partial charge in [-0.2, -0.15) is 0 Å². The standard InChI is InChI=1S/C25H31N5O2S/c1-4-30-24(20-11-7-6-10-19(20)3)26-27-25(30)33-18-23(31)29-16-14-28(15-17-29)21-12-8-9-13-22(21)32-5-2/h6-13H,4-5,14-18H2,1-3H3. The molecule has 8 heteroatoms. The fraction of sp³-hybridized carbons (Fsp3) is 0.400. The molecule has 1 fully saturated rings. The van der Waals surface area contributed by atoms with E-state index in [4.69, 9.17) is 4.74 Å². The van der Waals surface area contributed by atoms with E-state index in [0.717, 1.165) is 53.2 Å². The van der Waals surface area contributed by atoms with Crippen LogP contribution in [-0.4, -0.2) is 64.1 Å². The van der Waals surface area contributed by atoms with Crippen LogP contribution in [0.2, 0.25) is 0 Å². The summed E-state index contributed by atoms with van der Waals surface area (Å²) in [6.07, 6.45) is 0. The van der Waals surface area contributed by atoms with Gasteiger partial charge in [0.2, 0.25) is 5.91 Å². The molecule has 0 atom stereocenters. The van der Waals surface area contributed by atoms with Gasteiger partial charge in [-0.15, -0.1) is 10.2 Å². The van der Waals surface area contributed by atoms with E-state index in [9.17, 15) is 4.79 Å². The number of para-hydroxylation sites is 2. The summed E-state index contributed by atoms with van der Waals surface area (Å²) >= 11 is 1.47. The Hall–Kier alpha value is -3.00. The fourth-order valence-electron chi connectivity index (χ4n) is 4.11. The molecule has 0 saturated carbocycles. The molecule has 0 N–H and O–H groups in total. The van der Waals surface area contributed by atoms with Crippen molar-refractivity contribution in [1.82, 2.24) is 19.7 Å². The van der Waals surface area contributed by atoms with Crippen molar-refractivity contribution < 1.29 is 9.53 Å². The molecule has 0 unspecified atom stereocenters. The molecule has 1 saturated heterocycles. The number of anilines is 1. The van der Waals surface area contributed by atoms with Crippen molar-refractivity contribution in [3.8, 4) is 17.1 Å². The first kappa shape index (κ1) is 23.2. The molecule has 174 valence electrons. The molecule has 3 aromatic rings. The van der Waals surface area contributed by atoms with Crippen LogP contribution >= 0.6 is 11.8 Å². The van der Waals surface area contributed by atoms with Crippen LogP contribution in [0.3, 0.4) is 0 Å². The topological polar surface area (TPSA) is 63.5 Å². The minimum Gasteiger partial charge on any atom is -0.492 e. The Morgan fingerprint density at radius 3 is 2.45 bits per heavy atom. The molecule has 2 aromatic carbocycles. The van der Waals surface area contributed by atoms with Crippen LogP contribution in [0.15, 0.2) is 53.7 Å². The highest BCUT2D eigenvalue weighted by Crippen LogP contribution is 2.29. The number of amides is 1. The first-order valence-corrected chi connectivity index (χ1v) is 12.5. The van der Waals surface area contributed by atoms with E-state index in [2.05, 4.69) is 51.7 Å². The zero-order chi connectivity index (χ0) is 23.2. The van der Waals surface area contributed by atoms with Crippen LogP contribution in [0.1, 0.15) is 19.4 Å². The van der Waals surface area contributed by atoms with Crippen LogP contribution in [0.5, 0.6) is 5.75 Å². The lowest BCUT2D eigenvalue weighted by Crippen LogP contribution is -2.49. The SMILES string of the molecule is CCOc1ccccc1N1CCN(C(=O)CSc2nnc(-c3ccccc3C)n2CC)CC1. The number of ether oxygens (including phenoxy) is 1. The highest BCUT2D eigenvalue weighted by molar-refractivity contribution is 7.99. The average molecular weight is 466 g/mol. The number of hydrogen-bond acceptors (Lipinski definition) is 6. The molecule has 33 heavy (non-hydrogen) atoms. The molecule has 0 spiro atoms. The molecule has 1 amide bonds.